The summed E-state index contributed by atoms with van der Waals surface area (Å²) in [7, 11) is 2.97. The lowest BCUT2D eigenvalue weighted by molar-refractivity contribution is 0.100. The maximum atomic E-state index is 12.2. The Morgan fingerprint density at radius 1 is 1.25 bits per heavy atom. The minimum absolute atomic E-state index is 0.0967. The third-order valence-electron chi connectivity index (χ3n) is 5.03. The molecule has 1 aliphatic heterocycles. The first kappa shape index (κ1) is 14.9. The number of carbonyl (C=O) groups is 1. The molecule has 124 valence electrons. The number of rotatable bonds is 1. The molecule has 1 atom stereocenters. The van der Waals surface area contributed by atoms with Crippen LogP contribution in [0.3, 0.4) is 0 Å². The summed E-state index contributed by atoms with van der Waals surface area (Å²) in [5.74, 6) is 0.617. The van der Waals surface area contributed by atoms with E-state index < -0.39 is 0 Å². The second kappa shape index (κ2) is 5.44. The van der Waals surface area contributed by atoms with E-state index in [2.05, 4.69) is 6.07 Å². The molecular formula is C19H19NO4. The van der Waals surface area contributed by atoms with Crippen molar-refractivity contribution in [1.29, 1.82) is 0 Å². The van der Waals surface area contributed by atoms with Crippen LogP contribution in [0.1, 0.15) is 22.7 Å². The molecule has 1 unspecified atom stereocenters. The first-order valence-corrected chi connectivity index (χ1v) is 8.01. The largest absolute Gasteiger partial charge is 0.504 e. The number of ether oxygens (including phenoxy) is 2. The summed E-state index contributed by atoms with van der Waals surface area (Å²) in [6.07, 6.45) is 1.11. The highest BCUT2D eigenvalue weighted by atomic mass is 16.5. The number of benzene rings is 2. The Kier molecular flexibility index (Phi) is 3.37. The zero-order valence-corrected chi connectivity index (χ0v) is 13.7. The van der Waals surface area contributed by atoms with Crippen molar-refractivity contribution in [3.8, 4) is 22.6 Å². The highest BCUT2D eigenvalue weighted by Crippen LogP contribution is 2.52. The Bertz CT molecular complexity index is 830. The number of phenols is 1. The predicted molar refractivity (Wildman–Crippen MR) is 89.4 cm³/mol. The number of fused-ring (bicyclic) bond motifs is 2. The minimum Gasteiger partial charge on any atom is -0.504 e. The Morgan fingerprint density at radius 2 is 2.04 bits per heavy atom. The second-order valence-electron chi connectivity index (χ2n) is 6.17. The lowest BCUT2D eigenvalue weighted by Crippen LogP contribution is -2.42. The molecule has 0 bridgehead atoms. The van der Waals surface area contributed by atoms with Gasteiger partial charge in [0.05, 0.1) is 20.3 Å². The molecule has 1 N–H and O–H groups in total. The number of hydrogen-bond acceptors (Lipinski definition) is 4. The molecule has 0 aromatic heterocycles. The third-order valence-corrected chi connectivity index (χ3v) is 5.03. The number of aromatic hydroxyl groups is 1. The summed E-state index contributed by atoms with van der Waals surface area (Å²) >= 11 is 0. The van der Waals surface area contributed by atoms with Gasteiger partial charge in [0.1, 0.15) is 0 Å². The second-order valence-corrected chi connectivity index (χ2v) is 6.17. The average molecular weight is 325 g/mol. The lowest BCUT2D eigenvalue weighted by Gasteiger charge is -2.41. The summed E-state index contributed by atoms with van der Waals surface area (Å²) in [5, 5.41) is 10.4. The number of nitrogens with zero attached hydrogens (tertiary/aromatic N) is 1. The minimum atomic E-state index is -0.317. The standard InChI is InChI=1S/C19H19NO4/c1-23-18-15(21)10-12-7-8-20(19(22)24-2)14-9-11-5-3-4-6-13(11)17(18)16(12)14/h3-6,10,14,21H,7-9H2,1-2H3. The molecule has 4 rings (SSSR count). The SMILES string of the molecule is COC(=O)N1CCc2cc(O)c(OC)c3c2C1Cc1ccccc1-3. The van der Waals surface area contributed by atoms with E-state index in [0.29, 0.717) is 18.7 Å². The molecule has 1 amide bonds. The van der Waals surface area contributed by atoms with Gasteiger partial charge in [0.2, 0.25) is 0 Å². The smallest absolute Gasteiger partial charge is 0.410 e. The van der Waals surface area contributed by atoms with Gasteiger partial charge in [0.25, 0.3) is 0 Å². The summed E-state index contributed by atoms with van der Waals surface area (Å²) in [6, 6.07) is 9.75. The van der Waals surface area contributed by atoms with Crippen LogP contribution in [0.5, 0.6) is 11.5 Å². The summed E-state index contributed by atoms with van der Waals surface area (Å²) < 4.78 is 10.5. The number of phenolic OH excluding ortho intramolecular Hbond substituents is 1. The molecule has 0 saturated heterocycles. The van der Waals surface area contributed by atoms with E-state index in [1.165, 1.54) is 7.11 Å². The molecule has 2 aromatic rings. The van der Waals surface area contributed by atoms with Gasteiger partial charge in [0.15, 0.2) is 11.5 Å². The van der Waals surface area contributed by atoms with Crippen molar-refractivity contribution in [3.05, 3.63) is 47.0 Å². The molecule has 0 saturated carbocycles. The van der Waals surface area contributed by atoms with Gasteiger partial charge in [-0.15, -0.1) is 0 Å². The van der Waals surface area contributed by atoms with Crippen molar-refractivity contribution in [3.63, 3.8) is 0 Å². The van der Waals surface area contributed by atoms with E-state index in [1.54, 1.807) is 18.1 Å². The van der Waals surface area contributed by atoms with Crippen molar-refractivity contribution >= 4 is 6.09 Å². The predicted octanol–water partition coefficient (Wildman–Crippen LogP) is 3.29. The summed E-state index contributed by atoms with van der Waals surface area (Å²) in [6.45, 7) is 0.581. The Balaban J connectivity index is 2.01. The number of amides is 1. The van der Waals surface area contributed by atoms with E-state index in [1.807, 2.05) is 18.2 Å². The first-order chi connectivity index (χ1) is 11.7. The monoisotopic (exact) mass is 325 g/mol. The maximum Gasteiger partial charge on any atom is 0.410 e. The lowest BCUT2D eigenvalue weighted by atomic mass is 9.76. The van der Waals surface area contributed by atoms with Crippen molar-refractivity contribution in [2.24, 2.45) is 0 Å². The van der Waals surface area contributed by atoms with Crippen LogP contribution < -0.4 is 4.74 Å². The summed E-state index contributed by atoms with van der Waals surface area (Å²) in [5.41, 5.74) is 5.24. The van der Waals surface area contributed by atoms with Crippen molar-refractivity contribution in [2.75, 3.05) is 20.8 Å². The van der Waals surface area contributed by atoms with Crippen LogP contribution in [0.25, 0.3) is 11.1 Å². The quantitative estimate of drug-likeness (QED) is 0.874. The maximum absolute atomic E-state index is 12.2. The molecule has 2 aliphatic rings. The molecule has 2 aromatic carbocycles. The van der Waals surface area contributed by atoms with Crippen LogP contribution in [0.4, 0.5) is 4.79 Å². The van der Waals surface area contributed by atoms with Gasteiger partial charge in [-0.3, -0.25) is 0 Å². The highest BCUT2D eigenvalue weighted by Gasteiger charge is 2.39. The Labute approximate surface area is 140 Å². The first-order valence-electron chi connectivity index (χ1n) is 8.01. The normalized spacial score (nSPS) is 17.8. The molecular weight excluding hydrogens is 306 g/mol. The van der Waals surface area contributed by atoms with E-state index in [-0.39, 0.29) is 17.9 Å². The average Bonchev–Trinajstić information content (AvgIpc) is 2.61. The summed E-state index contributed by atoms with van der Waals surface area (Å²) in [4.78, 5) is 14.0. The fourth-order valence-electron chi connectivity index (χ4n) is 4.03. The van der Waals surface area contributed by atoms with Gasteiger partial charge in [-0.25, -0.2) is 4.79 Å². The molecule has 1 aliphatic carbocycles. The molecule has 0 fully saturated rings. The Morgan fingerprint density at radius 3 is 2.79 bits per heavy atom. The molecule has 5 nitrogen and oxygen atoms in total. The topological polar surface area (TPSA) is 59.0 Å². The number of hydrogen-bond donors (Lipinski definition) is 1. The molecule has 1 heterocycles. The van der Waals surface area contributed by atoms with Crippen LogP contribution in [0, 0.1) is 0 Å². The Hall–Kier alpha value is -2.69. The van der Waals surface area contributed by atoms with Gasteiger partial charge in [-0.1, -0.05) is 24.3 Å². The molecule has 5 heteroatoms. The van der Waals surface area contributed by atoms with Crippen LogP contribution in [-0.2, 0) is 17.6 Å². The van der Waals surface area contributed by atoms with Crippen LogP contribution in [-0.4, -0.2) is 36.9 Å². The zero-order valence-electron chi connectivity index (χ0n) is 13.7. The van der Waals surface area contributed by atoms with E-state index in [0.717, 1.165) is 34.2 Å². The van der Waals surface area contributed by atoms with Crippen LogP contribution >= 0.6 is 0 Å². The van der Waals surface area contributed by atoms with Gasteiger partial charge >= 0.3 is 6.09 Å². The molecule has 0 radical (unpaired) electrons. The molecule has 24 heavy (non-hydrogen) atoms. The van der Waals surface area contributed by atoms with E-state index in [4.69, 9.17) is 9.47 Å². The van der Waals surface area contributed by atoms with Crippen molar-refractivity contribution in [2.45, 2.75) is 18.9 Å². The van der Waals surface area contributed by atoms with Crippen molar-refractivity contribution in [1.82, 2.24) is 4.90 Å². The fraction of sp³-hybridized carbons (Fsp3) is 0.316. The zero-order chi connectivity index (χ0) is 16.8. The third kappa shape index (κ3) is 1.97. The van der Waals surface area contributed by atoms with Gasteiger partial charge in [-0.05, 0) is 41.2 Å². The number of methoxy groups -OCH3 is 2. The molecule has 0 spiro atoms. The highest BCUT2D eigenvalue weighted by molar-refractivity contribution is 5.84. The van der Waals surface area contributed by atoms with Gasteiger partial charge in [-0.2, -0.15) is 0 Å². The van der Waals surface area contributed by atoms with Crippen molar-refractivity contribution < 1.29 is 19.4 Å². The van der Waals surface area contributed by atoms with E-state index >= 15 is 0 Å². The number of carbonyl (C=O) groups excluding carboxylic acids is 1. The van der Waals surface area contributed by atoms with Gasteiger partial charge in [0, 0.05) is 12.1 Å². The van der Waals surface area contributed by atoms with Crippen LogP contribution in [0.2, 0.25) is 0 Å². The van der Waals surface area contributed by atoms with E-state index in [9.17, 15) is 9.90 Å². The fourth-order valence-corrected chi connectivity index (χ4v) is 4.03. The van der Waals surface area contributed by atoms with Gasteiger partial charge < -0.3 is 19.5 Å². The van der Waals surface area contributed by atoms with Crippen LogP contribution in [0.15, 0.2) is 30.3 Å².